The lowest BCUT2D eigenvalue weighted by molar-refractivity contribution is 0.633. The number of aryl methyl sites for hydroxylation is 1. The van der Waals surface area contributed by atoms with Crippen LogP contribution in [0.3, 0.4) is 0 Å². The van der Waals surface area contributed by atoms with E-state index in [0.717, 1.165) is 5.39 Å². The molecule has 0 aliphatic rings. The minimum absolute atomic E-state index is 0.138. The first-order chi connectivity index (χ1) is 8.63. The first kappa shape index (κ1) is 11.1. The van der Waals surface area contributed by atoms with Gasteiger partial charge in [-0.05, 0) is 29.8 Å². The molecule has 0 aliphatic carbocycles. The van der Waals surface area contributed by atoms with Crippen LogP contribution < -0.4 is 0 Å². The molecule has 3 rings (SSSR count). The maximum absolute atomic E-state index is 13.9. The second kappa shape index (κ2) is 4.03. The number of nitrogens with zero attached hydrogens (tertiary/aromatic N) is 4. The van der Waals surface area contributed by atoms with E-state index in [-0.39, 0.29) is 11.1 Å². The van der Waals surface area contributed by atoms with Crippen molar-refractivity contribution in [2.24, 2.45) is 7.05 Å². The first-order valence-electron chi connectivity index (χ1n) is 5.25. The van der Waals surface area contributed by atoms with Crippen LogP contribution in [-0.4, -0.2) is 19.7 Å². The van der Waals surface area contributed by atoms with Crippen LogP contribution in [0.25, 0.3) is 22.2 Å². The van der Waals surface area contributed by atoms with E-state index in [1.54, 1.807) is 24.0 Å². The van der Waals surface area contributed by atoms with Crippen LogP contribution in [0, 0.1) is 5.82 Å². The minimum atomic E-state index is -0.377. The van der Waals surface area contributed by atoms with Crippen LogP contribution in [0.4, 0.5) is 4.39 Å². The van der Waals surface area contributed by atoms with Gasteiger partial charge in [-0.3, -0.25) is 4.68 Å². The standard InChI is InChI=1S/C12H8ClFN4/c1-18-6-8-4-7(5-9(14)11(8)17-18)10-2-3-15-12(13)16-10/h2-6H,1H3. The zero-order valence-corrected chi connectivity index (χ0v) is 10.2. The van der Waals surface area contributed by atoms with Crippen molar-refractivity contribution in [2.75, 3.05) is 0 Å². The quantitative estimate of drug-likeness (QED) is 0.634. The average Bonchev–Trinajstić information content (AvgIpc) is 2.70. The highest BCUT2D eigenvalue weighted by Crippen LogP contribution is 2.25. The molecule has 4 nitrogen and oxygen atoms in total. The molecule has 0 aliphatic heterocycles. The van der Waals surface area contributed by atoms with Crippen molar-refractivity contribution >= 4 is 22.5 Å². The number of aromatic nitrogens is 4. The van der Waals surface area contributed by atoms with E-state index in [4.69, 9.17) is 11.6 Å². The third kappa shape index (κ3) is 1.82. The van der Waals surface area contributed by atoms with Crippen LogP contribution in [0.2, 0.25) is 5.28 Å². The van der Waals surface area contributed by atoms with Crippen LogP contribution >= 0.6 is 11.6 Å². The fraction of sp³-hybridized carbons (Fsp3) is 0.0833. The number of halogens is 2. The van der Waals surface area contributed by atoms with E-state index in [0.29, 0.717) is 16.8 Å². The van der Waals surface area contributed by atoms with Gasteiger partial charge in [0, 0.05) is 30.4 Å². The molecule has 0 atom stereocenters. The lowest BCUT2D eigenvalue weighted by Crippen LogP contribution is -1.89. The Morgan fingerprint density at radius 1 is 1.33 bits per heavy atom. The van der Waals surface area contributed by atoms with E-state index >= 15 is 0 Å². The van der Waals surface area contributed by atoms with Gasteiger partial charge < -0.3 is 0 Å². The summed E-state index contributed by atoms with van der Waals surface area (Å²) in [6.45, 7) is 0. The smallest absolute Gasteiger partial charge is 0.222 e. The van der Waals surface area contributed by atoms with Crippen molar-refractivity contribution in [1.82, 2.24) is 19.7 Å². The monoisotopic (exact) mass is 262 g/mol. The molecule has 0 unspecified atom stereocenters. The van der Waals surface area contributed by atoms with Gasteiger partial charge >= 0.3 is 0 Å². The number of hydrogen-bond acceptors (Lipinski definition) is 3. The summed E-state index contributed by atoms with van der Waals surface area (Å²) in [6.07, 6.45) is 3.29. The second-order valence-corrected chi connectivity index (χ2v) is 4.25. The van der Waals surface area contributed by atoms with E-state index in [1.165, 1.54) is 12.3 Å². The van der Waals surface area contributed by atoms with Gasteiger partial charge in [0.25, 0.3) is 0 Å². The maximum Gasteiger partial charge on any atom is 0.222 e. The van der Waals surface area contributed by atoms with Crippen molar-refractivity contribution in [3.8, 4) is 11.3 Å². The summed E-state index contributed by atoms with van der Waals surface area (Å²) in [5.74, 6) is -0.377. The molecule has 3 aromatic rings. The van der Waals surface area contributed by atoms with Gasteiger partial charge in [-0.2, -0.15) is 5.10 Å². The van der Waals surface area contributed by atoms with Gasteiger partial charge in [0.05, 0.1) is 5.69 Å². The molecule has 6 heteroatoms. The maximum atomic E-state index is 13.9. The van der Waals surface area contributed by atoms with Gasteiger partial charge in [-0.15, -0.1) is 0 Å². The lowest BCUT2D eigenvalue weighted by atomic mass is 10.1. The molecule has 0 saturated heterocycles. The van der Waals surface area contributed by atoms with E-state index in [9.17, 15) is 4.39 Å². The fourth-order valence-corrected chi connectivity index (χ4v) is 2.00. The van der Waals surface area contributed by atoms with Crippen molar-refractivity contribution in [3.63, 3.8) is 0 Å². The summed E-state index contributed by atoms with van der Waals surface area (Å²) in [6, 6.07) is 4.90. The largest absolute Gasteiger partial charge is 0.274 e. The van der Waals surface area contributed by atoms with Crippen molar-refractivity contribution in [2.45, 2.75) is 0 Å². The van der Waals surface area contributed by atoms with Gasteiger partial charge in [-0.25, -0.2) is 14.4 Å². The Morgan fingerprint density at radius 2 is 2.17 bits per heavy atom. The molecule has 0 saturated carbocycles. The zero-order valence-electron chi connectivity index (χ0n) is 9.43. The summed E-state index contributed by atoms with van der Waals surface area (Å²) >= 11 is 5.72. The van der Waals surface area contributed by atoms with Crippen molar-refractivity contribution in [3.05, 3.63) is 41.7 Å². The number of fused-ring (bicyclic) bond motifs is 1. The predicted octanol–water partition coefficient (Wildman–Crippen LogP) is 2.82. The normalized spacial score (nSPS) is 11.1. The van der Waals surface area contributed by atoms with Gasteiger partial charge in [-0.1, -0.05) is 0 Å². The van der Waals surface area contributed by atoms with Gasteiger partial charge in [0.15, 0.2) is 5.82 Å². The Hall–Kier alpha value is -2.01. The Kier molecular flexibility index (Phi) is 2.48. The van der Waals surface area contributed by atoms with Gasteiger partial charge in [0.2, 0.25) is 5.28 Å². The molecule has 18 heavy (non-hydrogen) atoms. The van der Waals surface area contributed by atoms with Crippen LogP contribution in [0.5, 0.6) is 0 Å². The third-order valence-electron chi connectivity index (χ3n) is 2.60. The summed E-state index contributed by atoms with van der Waals surface area (Å²) in [5, 5.41) is 4.91. The summed E-state index contributed by atoms with van der Waals surface area (Å²) in [7, 11) is 1.75. The van der Waals surface area contributed by atoms with Crippen molar-refractivity contribution in [1.29, 1.82) is 0 Å². The number of hydrogen-bond donors (Lipinski definition) is 0. The van der Waals surface area contributed by atoms with E-state index in [1.807, 2.05) is 6.07 Å². The highest BCUT2D eigenvalue weighted by molar-refractivity contribution is 6.28. The van der Waals surface area contributed by atoms with Gasteiger partial charge in [0.1, 0.15) is 5.52 Å². The predicted molar refractivity (Wildman–Crippen MR) is 66.7 cm³/mol. The Morgan fingerprint density at radius 3 is 2.94 bits per heavy atom. The van der Waals surface area contributed by atoms with Crippen molar-refractivity contribution < 1.29 is 4.39 Å². The number of benzene rings is 1. The highest BCUT2D eigenvalue weighted by Gasteiger charge is 2.10. The SMILES string of the molecule is Cn1cc2cc(-c3ccnc(Cl)n3)cc(F)c2n1. The summed E-state index contributed by atoms with van der Waals surface area (Å²) in [4.78, 5) is 7.86. The first-order valence-corrected chi connectivity index (χ1v) is 5.63. The molecule has 2 aromatic heterocycles. The second-order valence-electron chi connectivity index (χ2n) is 3.91. The highest BCUT2D eigenvalue weighted by atomic mass is 35.5. The van der Waals surface area contributed by atoms with E-state index < -0.39 is 0 Å². The molecule has 2 heterocycles. The van der Waals surface area contributed by atoms with Crippen LogP contribution in [0.1, 0.15) is 0 Å². The molecule has 0 N–H and O–H groups in total. The molecular formula is C12H8ClFN4. The minimum Gasteiger partial charge on any atom is -0.274 e. The molecular weight excluding hydrogens is 255 g/mol. The Labute approximate surface area is 107 Å². The molecule has 0 radical (unpaired) electrons. The van der Waals surface area contributed by atoms with E-state index in [2.05, 4.69) is 15.1 Å². The molecule has 90 valence electrons. The Balaban J connectivity index is 2.24. The molecule has 0 amide bonds. The van der Waals surface area contributed by atoms with Crippen LogP contribution in [0.15, 0.2) is 30.6 Å². The lowest BCUT2D eigenvalue weighted by Gasteiger charge is -2.01. The van der Waals surface area contributed by atoms with Crippen LogP contribution in [-0.2, 0) is 7.05 Å². The summed E-state index contributed by atoms with van der Waals surface area (Å²) in [5.41, 5.74) is 1.58. The molecule has 0 spiro atoms. The molecule has 0 fully saturated rings. The third-order valence-corrected chi connectivity index (χ3v) is 2.78. The molecule has 0 bridgehead atoms. The summed E-state index contributed by atoms with van der Waals surface area (Å²) < 4.78 is 15.5. The number of rotatable bonds is 1. The fourth-order valence-electron chi connectivity index (χ4n) is 1.86. The Bertz CT molecular complexity index is 738. The zero-order chi connectivity index (χ0) is 12.7. The average molecular weight is 263 g/mol. The molecule has 1 aromatic carbocycles. The topological polar surface area (TPSA) is 43.6 Å².